The van der Waals surface area contributed by atoms with Crippen molar-refractivity contribution in [2.75, 3.05) is 38.0 Å². The Kier molecular flexibility index (Phi) is 10.1. The quantitative estimate of drug-likeness (QED) is 0.241. The summed E-state index contributed by atoms with van der Waals surface area (Å²) < 4.78 is 2.55. The fourth-order valence-corrected chi connectivity index (χ4v) is 4.48. The molecule has 1 aliphatic rings. The second-order valence-electron chi connectivity index (χ2n) is 8.43. The summed E-state index contributed by atoms with van der Waals surface area (Å²) in [6, 6.07) is 7.60. The lowest BCUT2D eigenvalue weighted by Crippen LogP contribution is -2.40. The van der Waals surface area contributed by atoms with Crippen molar-refractivity contribution in [3.05, 3.63) is 50.1 Å². The number of amides is 1. The van der Waals surface area contributed by atoms with Crippen molar-refractivity contribution in [3.63, 3.8) is 0 Å². The molecule has 0 saturated carbocycles. The topological polar surface area (TPSA) is 131 Å². The van der Waals surface area contributed by atoms with E-state index in [2.05, 4.69) is 43.1 Å². The molecule has 10 heteroatoms. The standard InChI is InChI=1S/C23H34IN7O2/c24-18-14-17(22(32)27-8-3-7-25)15-20(16-18)28-21-6-13-31(23(33)29-21)10-2-1-9-30-11-4-19(26)5-12-30/h6,13-16,19H,1-5,7-12,25-26H2,(H,27,32)(H,28,29,33). The number of aromatic nitrogens is 2. The molecule has 0 unspecified atom stereocenters. The molecule has 1 aliphatic heterocycles. The van der Waals surface area contributed by atoms with Crippen LogP contribution in [0.5, 0.6) is 0 Å². The van der Waals surface area contributed by atoms with Crippen LogP contribution in [0.3, 0.4) is 0 Å². The lowest BCUT2D eigenvalue weighted by atomic mass is 10.1. The molecule has 0 bridgehead atoms. The van der Waals surface area contributed by atoms with E-state index in [4.69, 9.17) is 11.5 Å². The fraction of sp³-hybridized carbons (Fsp3) is 0.522. The highest BCUT2D eigenvalue weighted by Crippen LogP contribution is 2.20. The highest BCUT2D eigenvalue weighted by Gasteiger charge is 2.15. The molecular formula is C23H34IN7O2. The number of likely N-dealkylation sites (tertiary alicyclic amines) is 1. The van der Waals surface area contributed by atoms with E-state index in [9.17, 15) is 9.59 Å². The van der Waals surface area contributed by atoms with E-state index >= 15 is 0 Å². The van der Waals surface area contributed by atoms with E-state index in [1.807, 2.05) is 12.1 Å². The first-order chi connectivity index (χ1) is 15.9. The fourth-order valence-electron chi connectivity index (χ4n) is 3.81. The monoisotopic (exact) mass is 567 g/mol. The van der Waals surface area contributed by atoms with Gasteiger partial charge in [-0.1, -0.05) is 0 Å². The third-order valence-electron chi connectivity index (χ3n) is 5.73. The number of nitrogens with zero attached hydrogens (tertiary/aromatic N) is 3. The zero-order valence-electron chi connectivity index (χ0n) is 18.9. The minimum atomic E-state index is -0.283. The highest BCUT2D eigenvalue weighted by atomic mass is 127. The lowest BCUT2D eigenvalue weighted by Gasteiger charge is -2.29. The molecule has 0 atom stereocenters. The maximum absolute atomic E-state index is 12.5. The average Bonchev–Trinajstić information content (AvgIpc) is 2.79. The minimum Gasteiger partial charge on any atom is -0.352 e. The molecule has 6 N–H and O–H groups in total. The van der Waals surface area contributed by atoms with Gasteiger partial charge in [0.25, 0.3) is 5.91 Å². The number of hydrogen-bond donors (Lipinski definition) is 4. The summed E-state index contributed by atoms with van der Waals surface area (Å²) in [5.74, 6) is 0.304. The number of piperidine rings is 1. The van der Waals surface area contributed by atoms with Gasteiger partial charge < -0.3 is 27.0 Å². The van der Waals surface area contributed by atoms with Gasteiger partial charge in [0.2, 0.25) is 0 Å². The number of carbonyl (C=O) groups excluding carboxylic acids is 1. The Labute approximate surface area is 208 Å². The van der Waals surface area contributed by atoms with Crippen molar-refractivity contribution in [1.29, 1.82) is 0 Å². The van der Waals surface area contributed by atoms with Crippen molar-refractivity contribution in [2.45, 2.75) is 44.7 Å². The summed E-state index contributed by atoms with van der Waals surface area (Å²) in [4.78, 5) is 31.4. The number of benzene rings is 1. The highest BCUT2D eigenvalue weighted by molar-refractivity contribution is 14.1. The van der Waals surface area contributed by atoms with Crippen LogP contribution in [0.2, 0.25) is 0 Å². The Hall–Kier alpha value is -2.02. The summed E-state index contributed by atoms with van der Waals surface area (Å²) >= 11 is 2.16. The Morgan fingerprint density at radius 2 is 1.91 bits per heavy atom. The third-order valence-corrected chi connectivity index (χ3v) is 6.35. The van der Waals surface area contributed by atoms with Crippen LogP contribution in [-0.2, 0) is 6.54 Å². The van der Waals surface area contributed by atoms with Gasteiger partial charge in [-0.2, -0.15) is 4.98 Å². The molecule has 2 aromatic rings. The number of carbonyl (C=O) groups is 1. The number of aryl methyl sites for hydroxylation is 1. The molecule has 1 saturated heterocycles. The second-order valence-corrected chi connectivity index (χ2v) is 9.67. The van der Waals surface area contributed by atoms with Crippen LogP contribution in [0, 0.1) is 3.57 Å². The Morgan fingerprint density at radius 1 is 1.15 bits per heavy atom. The molecule has 0 spiro atoms. The molecule has 180 valence electrons. The number of halogens is 1. The number of unbranched alkanes of at least 4 members (excludes halogenated alkanes) is 1. The largest absolute Gasteiger partial charge is 0.352 e. The second kappa shape index (κ2) is 13.0. The van der Waals surface area contributed by atoms with Crippen molar-refractivity contribution in [3.8, 4) is 0 Å². The Bertz CT molecular complexity index is 974. The molecule has 33 heavy (non-hydrogen) atoms. The zero-order chi connectivity index (χ0) is 23.6. The molecule has 1 aromatic heterocycles. The minimum absolute atomic E-state index is 0.152. The predicted octanol–water partition coefficient (Wildman–Crippen LogP) is 1.87. The maximum atomic E-state index is 12.5. The molecule has 1 amide bonds. The first-order valence-corrected chi connectivity index (χ1v) is 12.6. The van der Waals surface area contributed by atoms with E-state index in [0.717, 1.165) is 55.3 Å². The summed E-state index contributed by atoms with van der Waals surface area (Å²) in [5.41, 5.74) is 12.4. The van der Waals surface area contributed by atoms with Crippen LogP contribution in [0.1, 0.15) is 42.5 Å². The molecule has 0 aliphatic carbocycles. The van der Waals surface area contributed by atoms with E-state index in [1.165, 1.54) is 0 Å². The summed E-state index contributed by atoms with van der Waals surface area (Å²) in [5, 5.41) is 6.00. The van der Waals surface area contributed by atoms with Gasteiger partial charge in [0.1, 0.15) is 5.82 Å². The summed E-state index contributed by atoms with van der Waals surface area (Å²) in [7, 11) is 0. The summed E-state index contributed by atoms with van der Waals surface area (Å²) in [6.45, 7) is 4.90. The first kappa shape index (κ1) is 25.6. The number of rotatable bonds is 11. The number of anilines is 2. The number of nitrogens with one attached hydrogen (secondary N) is 2. The van der Waals surface area contributed by atoms with Crippen molar-refractivity contribution >= 4 is 40.0 Å². The molecule has 3 rings (SSSR count). The van der Waals surface area contributed by atoms with E-state index in [1.54, 1.807) is 22.9 Å². The molecular weight excluding hydrogens is 533 g/mol. The average molecular weight is 567 g/mol. The van der Waals surface area contributed by atoms with Crippen LogP contribution >= 0.6 is 22.6 Å². The number of hydrogen-bond acceptors (Lipinski definition) is 7. The Morgan fingerprint density at radius 3 is 2.64 bits per heavy atom. The molecule has 2 heterocycles. The van der Waals surface area contributed by atoms with E-state index in [-0.39, 0.29) is 11.6 Å². The normalized spacial score (nSPS) is 14.9. The number of nitrogens with two attached hydrogens (primary N) is 2. The van der Waals surface area contributed by atoms with E-state index < -0.39 is 0 Å². The van der Waals surface area contributed by atoms with Gasteiger partial charge in [-0.25, -0.2) is 4.79 Å². The first-order valence-electron chi connectivity index (χ1n) is 11.6. The van der Waals surface area contributed by atoms with Crippen LogP contribution in [0.4, 0.5) is 11.5 Å². The molecule has 1 aromatic carbocycles. The van der Waals surface area contributed by atoms with E-state index in [0.29, 0.717) is 42.7 Å². The SMILES string of the molecule is NCCCNC(=O)c1cc(I)cc(Nc2ccn(CCCCN3CCC(N)CC3)c(=O)n2)c1. The maximum Gasteiger partial charge on any atom is 0.349 e. The van der Waals surface area contributed by atoms with Gasteiger partial charge in [-0.15, -0.1) is 0 Å². The van der Waals surface area contributed by atoms with Gasteiger partial charge in [0.15, 0.2) is 0 Å². The smallest absolute Gasteiger partial charge is 0.349 e. The predicted molar refractivity (Wildman–Crippen MR) is 140 cm³/mol. The van der Waals surface area contributed by atoms with Gasteiger partial charge >= 0.3 is 5.69 Å². The molecule has 0 radical (unpaired) electrons. The van der Waals surface area contributed by atoms with Crippen LogP contribution in [-0.4, -0.2) is 59.1 Å². The Balaban J connectivity index is 1.52. The van der Waals surface area contributed by atoms with Crippen LogP contribution in [0.25, 0.3) is 0 Å². The molecule has 9 nitrogen and oxygen atoms in total. The zero-order valence-corrected chi connectivity index (χ0v) is 21.1. The van der Waals surface area contributed by atoms with Gasteiger partial charge in [-0.3, -0.25) is 9.36 Å². The lowest BCUT2D eigenvalue weighted by molar-refractivity contribution is 0.0953. The van der Waals surface area contributed by atoms with Crippen molar-refractivity contribution < 1.29 is 4.79 Å². The van der Waals surface area contributed by atoms with Crippen LogP contribution in [0.15, 0.2) is 35.3 Å². The third kappa shape index (κ3) is 8.36. The van der Waals surface area contributed by atoms with Gasteiger partial charge in [0, 0.05) is 40.1 Å². The van der Waals surface area contributed by atoms with Gasteiger partial charge in [0.05, 0.1) is 0 Å². The van der Waals surface area contributed by atoms with Crippen molar-refractivity contribution in [2.24, 2.45) is 11.5 Å². The summed E-state index contributed by atoms with van der Waals surface area (Å²) in [6.07, 6.45) is 6.61. The van der Waals surface area contributed by atoms with Crippen molar-refractivity contribution in [1.82, 2.24) is 19.8 Å². The van der Waals surface area contributed by atoms with Crippen LogP contribution < -0.4 is 27.8 Å². The van der Waals surface area contributed by atoms with Gasteiger partial charge in [-0.05, 0) is 105 Å². The molecule has 1 fully saturated rings.